The van der Waals surface area contributed by atoms with Crippen LogP contribution in [0.3, 0.4) is 0 Å². The maximum atomic E-state index is 2.59. The van der Waals surface area contributed by atoms with Gasteiger partial charge in [-0.2, -0.15) is 0 Å². The van der Waals surface area contributed by atoms with Crippen LogP contribution in [-0.2, 0) is 0 Å². The molecule has 0 aliphatic carbocycles. The molecule has 2 aliphatic heterocycles. The van der Waals surface area contributed by atoms with Gasteiger partial charge >= 0.3 is 0 Å². The molecule has 0 bridgehead atoms. The average molecular weight is 691 g/mol. The molecule has 2 heteroatoms. The number of rotatable bonds is 7. The third-order valence-electron chi connectivity index (χ3n) is 11.0. The Hall–Kier alpha value is -6.90. The third-order valence-corrected chi connectivity index (χ3v) is 11.0. The van der Waals surface area contributed by atoms with Crippen LogP contribution in [0, 0.1) is 0 Å². The van der Waals surface area contributed by atoms with Crippen molar-refractivity contribution in [1.29, 1.82) is 0 Å². The second-order valence-electron chi connectivity index (χ2n) is 14.1. The first-order valence-electron chi connectivity index (χ1n) is 18.8. The molecule has 2 heterocycles. The first-order chi connectivity index (χ1) is 26.8. The molecule has 0 saturated carbocycles. The van der Waals surface area contributed by atoms with Crippen LogP contribution in [0.5, 0.6) is 0 Å². The second kappa shape index (κ2) is 13.6. The van der Waals surface area contributed by atoms with Crippen molar-refractivity contribution in [3.05, 3.63) is 240 Å². The largest absolute Gasteiger partial charge is 0.332 e. The zero-order valence-electron chi connectivity index (χ0n) is 29.8. The summed E-state index contributed by atoms with van der Waals surface area (Å²) in [5.74, 6) is 0.222. The van der Waals surface area contributed by atoms with E-state index in [0.29, 0.717) is 0 Å². The van der Waals surface area contributed by atoms with Crippen LogP contribution in [0.2, 0.25) is 0 Å². The standard InChI is InChI=1S/C52H38N2/c1-4-14-37(15-5-1)39-24-30-44(31-25-39)53(45-32-26-40(27-33-45)38-16-6-2-7-17-38)46-34-28-41(29-35-46)50-36-43-20-10-11-21-47(43)52-51(42-18-8-3-9-19-42)48-22-12-13-23-49(48)54(50)52/h1-36,51-52H. The van der Waals surface area contributed by atoms with Gasteiger partial charge in [-0.3, -0.25) is 0 Å². The lowest BCUT2D eigenvalue weighted by atomic mass is 9.81. The van der Waals surface area contributed by atoms with Gasteiger partial charge in [-0.05, 0) is 98.6 Å². The van der Waals surface area contributed by atoms with E-state index in [1.165, 1.54) is 61.5 Å². The first-order valence-corrected chi connectivity index (χ1v) is 18.8. The van der Waals surface area contributed by atoms with E-state index >= 15 is 0 Å². The van der Waals surface area contributed by atoms with Crippen molar-refractivity contribution in [3.8, 4) is 22.3 Å². The summed E-state index contributed by atoms with van der Waals surface area (Å²) >= 11 is 0. The molecule has 54 heavy (non-hydrogen) atoms. The number of anilines is 4. The van der Waals surface area contributed by atoms with Gasteiger partial charge in [0.2, 0.25) is 0 Å². The zero-order valence-corrected chi connectivity index (χ0v) is 29.8. The van der Waals surface area contributed by atoms with Gasteiger partial charge in [0, 0.05) is 34.4 Å². The lowest BCUT2D eigenvalue weighted by Gasteiger charge is -2.37. The fraction of sp³-hybridized carbons (Fsp3) is 0.0385. The molecule has 0 saturated heterocycles. The number of nitrogens with zero attached hydrogens (tertiary/aromatic N) is 2. The van der Waals surface area contributed by atoms with E-state index in [-0.39, 0.29) is 12.0 Å². The molecule has 8 aromatic carbocycles. The van der Waals surface area contributed by atoms with Crippen LogP contribution < -0.4 is 9.80 Å². The molecule has 8 aromatic rings. The van der Waals surface area contributed by atoms with Crippen molar-refractivity contribution in [2.45, 2.75) is 12.0 Å². The van der Waals surface area contributed by atoms with Gasteiger partial charge in [-0.25, -0.2) is 0 Å². The normalized spacial score (nSPS) is 15.5. The predicted octanol–water partition coefficient (Wildman–Crippen LogP) is 13.7. The highest BCUT2D eigenvalue weighted by Crippen LogP contribution is 2.57. The van der Waals surface area contributed by atoms with Crippen LogP contribution in [0.15, 0.2) is 212 Å². The topological polar surface area (TPSA) is 6.48 Å². The molecular formula is C52H38N2. The van der Waals surface area contributed by atoms with Gasteiger partial charge < -0.3 is 9.80 Å². The summed E-state index contributed by atoms with van der Waals surface area (Å²) in [6.45, 7) is 0. The van der Waals surface area contributed by atoms with Crippen molar-refractivity contribution >= 4 is 34.5 Å². The number of benzene rings is 8. The molecule has 0 amide bonds. The number of hydrogen-bond acceptors (Lipinski definition) is 2. The minimum atomic E-state index is 0.156. The molecule has 0 radical (unpaired) electrons. The van der Waals surface area contributed by atoms with Gasteiger partial charge in [-0.1, -0.05) is 170 Å². The average Bonchev–Trinajstić information content (AvgIpc) is 3.61. The van der Waals surface area contributed by atoms with E-state index in [1.807, 2.05) is 0 Å². The van der Waals surface area contributed by atoms with Gasteiger partial charge in [0.25, 0.3) is 0 Å². The van der Waals surface area contributed by atoms with Gasteiger partial charge in [0.1, 0.15) is 0 Å². The Morgan fingerprint density at radius 2 is 0.778 bits per heavy atom. The van der Waals surface area contributed by atoms with E-state index in [0.717, 1.165) is 17.1 Å². The van der Waals surface area contributed by atoms with Crippen LogP contribution in [0.1, 0.15) is 39.8 Å². The van der Waals surface area contributed by atoms with Crippen LogP contribution >= 0.6 is 0 Å². The fourth-order valence-electron chi connectivity index (χ4n) is 8.51. The Morgan fingerprint density at radius 3 is 1.33 bits per heavy atom. The van der Waals surface area contributed by atoms with E-state index in [9.17, 15) is 0 Å². The van der Waals surface area contributed by atoms with Gasteiger partial charge in [0.05, 0.1) is 6.04 Å². The molecule has 10 rings (SSSR count). The lowest BCUT2D eigenvalue weighted by Crippen LogP contribution is -2.29. The summed E-state index contributed by atoms with van der Waals surface area (Å²) in [5.41, 5.74) is 17.2. The van der Waals surface area contributed by atoms with Crippen molar-refractivity contribution in [1.82, 2.24) is 0 Å². The van der Waals surface area contributed by atoms with Crippen LogP contribution in [0.25, 0.3) is 34.0 Å². The van der Waals surface area contributed by atoms with Crippen molar-refractivity contribution in [3.63, 3.8) is 0 Å². The highest BCUT2D eigenvalue weighted by molar-refractivity contribution is 5.97. The number of fused-ring (bicyclic) bond motifs is 5. The molecule has 0 aromatic heterocycles. The smallest absolute Gasteiger partial charge is 0.0707 e. The second-order valence-corrected chi connectivity index (χ2v) is 14.1. The summed E-state index contributed by atoms with van der Waals surface area (Å²) in [6, 6.07) is 77.2. The van der Waals surface area contributed by atoms with E-state index in [2.05, 4.69) is 228 Å². The summed E-state index contributed by atoms with van der Waals surface area (Å²) in [5, 5.41) is 0. The number of hydrogen-bond donors (Lipinski definition) is 0. The van der Waals surface area contributed by atoms with E-state index < -0.39 is 0 Å². The Balaban J connectivity index is 1.06. The maximum Gasteiger partial charge on any atom is 0.0707 e. The third kappa shape index (κ3) is 5.60. The molecule has 0 fully saturated rings. The van der Waals surface area contributed by atoms with Crippen molar-refractivity contribution in [2.24, 2.45) is 0 Å². The maximum absolute atomic E-state index is 2.59. The van der Waals surface area contributed by atoms with Crippen LogP contribution in [-0.4, -0.2) is 0 Å². The molecule has 0 N–H and O–H groups in total. The molecule has 256 valence electrons. The molecule has 2 nitrogen and oxygen atoms in total. The van der Waals surface area contributed by atoms with E-state index in [1.54, 1.807) is 0 Å². The SMILES string of the molecule is C1=C(c2ccc(N(c3ccc(-c4ccccc4)cc3)c3ccc(-c4ccccc4)cc3)cc2)N2c3ccccc3C(c3ccccc3)C2c2ccccc21. The minimum Gasteiger partial charge on any atom is -0.332 e. The number of para-hydroxylation sites is 1. The minimum absolute atomic E-state index is 0.156. The molecule has 0 spiro atoms. The highest BCUT2D eigenvalue weighted by Gasteiger charge is 2.44. The summed E-state index contributed by atoms with van der Waals surface area (Å²) < 4.78 is 0. The quantitative estimate of drug-likeness (QED) is 0.164. The predicted molar refractivity (Wildman–Crippen MR) is 226 cm³/mol. The van der Waals surface area contributed by atoms with Crippen molar-refractivity contribution < 1.29 is 0 Å². The van der Waals surface area contributed by atoms with Crippen molar-refractivity contribution in [2.75, 3.05) is 9.80 Å². The Kier molecular flexibility index (Phi) is 8.00. The lowest BCUT2D eigenvalue weighted by molar-refractivity contribution is 0.655. The summed E-state index contributed by atoms with van der Waals surface area (Å²) in [6.07, 6.45) is 2.38. The monoisotopic (exact) mass is 690 g/mol. The van der Waals surface area contributed by atoms with Gasteiger partial charge in [0.15, 0.2) is 0 Å². The van der Waals surface area contributed by atoms with Crippen LogP contribution in [0.4, 0.5) is 22.7 Å². The van der Waals surface area contributed by atoms with Gasteiger partial charge in [-0.15, -0.1) is 0 Å². The summed E-state index contributed by atoms with van der Waals surface area (Å²) in [7, 11) is 0. The summed E-state index contributed by atoms with van der Waals surface area (Å²) in [4.78, 5) is 4.95. The Morgan fingerprint density at radius 1 is 0.352 bits per heavy atom. The highest BCUT2D eigenvalue weighted by atomic mass is 15.2. The Labute approximate surface area is 317 Å². The molecule has 2 atom stereocenters. The Bertz CT molecular complexity index is 2490. The zero-order chi connectivity index (χ0) is 35.8. The molecule has 2 aliphatic rings. The first kappa shape index (κ1) is 31.8. The van der Waals surface area contributed by atoms with E-state index in [4.69, 9.17) is 0 Å². The molecular weight excluding hydrogens is 653 g/mol. The molecule has 2 unspecified atom stereocenters. The fourth-order valence-corrected chi connectivity index (χ4v) is 8.51.